The van der Waals surface area contributed by atoms with Gasteiger partial charge in [0, 0.05) is 37.9 Å². The molecule has 0 aromatic carbocycles. The number of carbonyl (C=O) groups is 1. The van der Waals surface area contributed by atoms with Crippen LogP contribution in [0.15, 0.2) is 16.7 Å². The van der Waals surface area contributed by atoms with E-state index in [-0.39, 0.29) is 6.03 Å². The molecule has 17 heavy (non-hydrogen) atoms. The molecule has 0 spiro atoms. The topological polar surface area (TPSA) is 57.3 Å². The average molecular weight is 322 g/mol. The Hall–Kier alpha value is -1.01. The van der Waals surface area contributed by atoms with E-state index < -0.39 is 0 Å². The number of pyridine rings is 1. The number of nitrogens with one attached hydrogen (secondary N) is 2. The molecule has 0 atom stereocenters. The quantitative estimate of drug-likeness (QED) is 0.836. The Morgan fingerprint density at radius 1 is 1.53 bits per heavy atom. The number of halogens is 2. The Morgan fingerprint density at radius 3 is 2.82 bits per heavy atom. The largest absolute Gasteiger partial charge is 0.367 e. The highest BCUT2D eigenvalue weighted by molar-refractivity contribution is 9.10. The van der Waals surface area contributed by atoms with Crippen LogP contribution < -0.4 is 10.6 Å². The molecular weight excluding hydrogens is 307 g/mol. The van der Waals surface area contributed by atoms with Gasteiger partial charge in [-0.15, -0.1) is 0 Å². The van der Waals surface area contributed by atoms with Crippen LogP contribution in [0.4, 0.5) is 10.6 Å². The normalized spacial score (nSPS) is 9.88. The molecule has 1 heterocycles. The first-order valence-electron chi connectivity index (χ1n) is 5.01. The van der Waals surface area contributed by atoms with Crippen molar-refractivity contribution in [2.45, 2.75) is 0 Å². The molecular formula is C10H14BrClN4O. The number of hydrogen-bond acceptors (Lipinski definition) is 3. The number of amides is 2. The smallest absolute Gasteiger partial charge is 0.316 e. The van der Waals surface area contributed by atoms with Crippen LogP contribution in [-0.2, 0) is 0 Å². The van der Waals surface area contributed by atoms with Crippen molar-refractivity contribution in [2.24, 2.45) is 0 Å². The van der Waals surface area contributed by atoms with Crippen LogP contribution in [-0.4, -0.2) is 43.1 Å². The van der Waals surface area contributed by atoms with Gasteiger partial charge in [0.15, 0.2) is 0 Å². The highest BCUT2D eigenvalue weighted by Gasteiger charge is 2.03. The third kappa shape index (κ3) is 4.79. The molecule has 7 heteroatoms. The average Bonchev–Trinajstić information content (AvgIpc) is 2.26. The minimum atomic E-state index is -0.123. The van der Waals surface area contributed by atoms with Gasteiger partial charge in [0.2, 0.25) is 0 Å². The van der Waals surface area contributed by atoms with Crippen molar-refractivity contribution in [3.63, 3.8) is 0 Å². The lowest BCUT2D eigenvalue weighted by atomic mass is 10.4. The van der Waals surface area contributed by atoms with Gasteiger partial charge >= 0.3 is 6.03 Å². The van der Waals surface area contributed by atoms with Crippen LogP contribution in [0.5, 0.6) is 0 Å². The highest BCUT2D eigenvalue weighted by atomic mass is 79.9. The van der Waals surface area contributed by atoms with Crippen molar-refractivity contribution in [3.8, 4) is 0 Å². The highest BCUT2D eigenvalue weighted by Crippen LogP contribution is 2.22. The van der Waals surface area contributed by atoms with Gasteiger partial charge < -0.3 is 15.5 Å². The fraction of sp³-hybridized carbons (Fsp3) is 0.400. The Bertz CT molecular complexity index is 400. The third-order valence-electron chi connectivity index (χ3n) is 1.91. The lowest BCUT2D eigenvalue weighted by Crippen LogP contribution is -2.37. The van der Waals surface area contributed by atoms with Crippen LogP contribution in [0.1, 0.15) is 0 Å². The molecule has 1 rings (SSSR count). The monoisotopic (exact) mass is 320 g/mol. The molecule has 1 aromatic rings. The predicted molar refractivity (Wildman–Crippen MR) is 72.5 cm³/mol. The van der Waals surface area contributed by atoms with E-state index in [4.69, 9.17) is 11.6 Å². The molecule has 0 fully saturated rings. The molecule has 0 bridgehead atoms. The van der Waals surface area contributed by atoms with E-state index in [1.54, 1.807) is 26.4 Å². The minimum absolute atomic E-state index is 0.123. The van der Waals surface area contributed by atoms with Crippen molar-refractivity contribution in [3.05, 3.63) is 21.8 Å². The lowest BCUT2D eigenvalue weighted by molar-refractivity contribution is 0.218. The second kappa shape index (κ2) is 6.66. The summed E-state index contributed by atoms with van der Waals surface area (Å²) >= 11 is 9.25. The zero-order chi connectivity index (χ0) is 12.8. The van der Waals surface area contributed by atoms with Gasteiger partial charge in [0.05, 0.1) is 5.02 Å². The lowest BCUT2D eigenvalue weighted by Gasteiger charge is -2.12. The van der Waals surface area contributed by atoms with Gasteiger partial charge in [-0.2, -0.15) is 0 Å². The van der Waals surface area contributed by atoms with E-state index in [0.29, 0.717) is 23.9 Å². The van der Waals surface area contributed by atoms with Gasteiger partial charge in [-0.25, -0.2) is 9.78 Å². The van der Waals surface area contributed by atoms with Gasteiger partial charge in [0.1, 0.15) is 5.82 Å². The molecule has 0 aliphatic rings. The van der Waals surface area contributed by atoms with Gasteiger partial charge in [-0.05, 0) is 22.0 Å². The van der Waals surface area contributed by atoms with Crippen LogP contribution in [0.25, 0.3) is 0 Å². The van der Waals surface area contributed by atoms with E-state index in [1.165, 1.54) is 4.90 Å². The van der Waals surface area contributed by atoms with Crippen LogP contribution >= 0.6 is 27.5 Å². The Balaban J connectivity index is 2.34. The molecule has 0 aliphatic heterocycles. The summed E-state index contributed by atoms with van der Waals surface area (Å²) in [5.74, 6) is 0.606. The van der Waals surface area contributed by atoms with Gasteiger partial charge in [-0.3, -0.25) is 0 Å². The summed E-state index contributed by atoms with van der Waals surface area (Å²) in [5.41, 5.74) is 0. The van der Waals surface area contributed by atoms with Crippen LogP contribution in [0.3, 0.4) is 0 Å². The van der Waals surface area contributed by atoms with Crippen molar-refractivity contribution < 1.29 is 4.79 Å². The van der Waals surface area contributed by atoms with Crippen molar-refractivity contribution >= 4 is 39.4 Å². The minimum Gasteiger partial charge on any atom is -0.367 e. The van der Waals surface area contributed by atoms with E-state index >= 15 is 0 Å². The second-order valence-electron chi connectivity index (χ2n) is 3.54. The number of nitrogens with zero attached hydrogens (tertiary/aromatic N) is 2. The summed E-state index contributed by atoms with van der Waals surface area (Å²) in [6.45, 7) is 1.07. The number of urea groups is 1. The molecule has 94 valence electrons. The van der Waals surface area contributed by atoms with E-state index in [2.05, 4.69) is 31.5 Å². The molecule has 0 saturated carbocycles. The first-order chi connectivity index (χ1) is 8.00. The maximum atomic E-state index is 11.2. The fourth-order valence-electron chi connectivity index (χ4n) is 1.05. The maximum Gasteiger partial charge on any atom is 0.316 e. The summed E-state index contributed by atoms with van der Waals surface area (Å²) in [7, 11) is 3.38. The first kappa shape index (κ1) is 14.1. The van der Waals surface area contributed by atoms with Crippen LogP contribution in [0, 0.1) is 0 Å². The summed E-state index contributed by atoms with van der Waals surface area (Å²) in [6.07, 6.45) is 1.66. The summed E-state index contributed by atoms with van der Waals surface area (Å²) in [6, 6.07) is 1.64. The molecule has 1 aromatic heterocycles. The van der Waals surface area contributed by atoms with Crippen molar-refractivity contribution in [1.82, 2.24) is 15.2 Å². The molecule has 0 saturated heterocycles. The van der Waals surface area contributed by atoms with E-state index in [9.17, 15) is 4.79 Å². The first-order valence-corrected chi connectivity index (χ1v) is 6.18. The van der Waals surface area contributed by atoms with Crippen LogP contribution in [0.2, 0.25) is 5.02 Å². The Kier molecular flexibility index (Phi) is 5.50. The SMILES string of the molecule is CN(C)C(=O)NCCNc1ncc(Br)cc1Cl. The van der Waals surface area contributed by atoms with E-state index in [1.807, 2.05) is 0 Å². The van der Waals surface area contributed by atoms with Crippen molar-refractivity contribution in [1.29, 1.82) is 0 Å². The zero-order valence-electron chi connectivity index (χ0n) is 9.63. The Labute approximate surface area is 114 Å². The second-order valence-corrected chi connectivity index (χ2v) is 4.86. The van der Waals surface area contributed by atoms with Crippen molar-refractivity contribution in [2.75, 3.05) is 32.5 Å². The summed E-state index contributed by atoms with van der Waals surface area (Å²) < 4.78 is 0.828. The standard InChI is InChI=1S/C10H14BrClN4O/c1-16(2)10(17)14-4-3-13-9-8(12)5-7(11)6-15-9/h5-6H,3-4H2,1-2H3,(H,13,15)(H,14,17). The number of hydrogen-bond donors (Lipinski definition) is 2. The fourth-order valence-corrected chi connectivity index (χ4v) is 1.75. The number of anilines is 1. The molecule has 0 unspecified atom stereocenters. The molecule has 2 amide bonds. The predicted octanol–water partition coefficient (Wildman–Crippen LogP) is 2.18. The van der Waals surface area contributed by atoms with E-state index in [0.717, 1.165) is 4.47 Å². The Morgan fingerprint density at radius 2 is 2.24 bits per heavy atom. The molecule has 0 radical (unpaired) electrons. The maximum absolute atomic E-state index is 11.2. The zero-order valence-corrected chi connectivity index (χ0v) is 12.0. The third-order valence-corrected chi connectivity index (χ3v) is 2.63. The number of rotatable bonds is 4. The molecule has 5 nitrogen and oxygen atoms in total. The molecule has 2 N–H and O–H groups in total. The summed E-state index contributed by atoms with van der Waals surface area (Å²) in [5, 5.41) is 6.30. The van der Waals surface area contributed by atoms with Gasteiger partial charge in [-0.1, -0.05) is 11.6 Å². The summed E-state index contributed by atoms with van der Waals surface area (Å²) in [4.78, 5) is 16.8. The number of carbonyl (C=O) groups excluding carboxylic acids is 1. The molecule has 0 aliphatic carbocycles. The van der Waals surface area contributed by atoms with Gasteiger partial charge in [0.25, 0.3) is 0 Å². The number of aromatic nitrogens is 1.